The van der Waals surface area contributed by atoms with Crippen molar-refractivity contribution in [2.75, 3.05) is 16.5 Å². The molecule has 5 nitrogen and oxygen atoms in total. The lowest BCUT2D eigenvalue weighted by molar-refractivity contribution is 0.478. The maximum absolute atomic E-state index is 6.74. The lowest BCUT2D eigenvalue weighted by atomic mass is 9.80. The zero-order valence-corrected chi connectivity index (χ0v) is 34.0. The van der Waals surface area contributed by atoms with Gasteiger partial charge in [-0.3, -0.25) is 0 Å². The first-order valence-electron chi connectivity index (χ1n) is 19.2. The summed E-state index contributed by atoms with van der Waals surface area (Å²) in [6, 6.07) is 41.4. The fourth-order valence-electron chi connectivity index (χ4n) is 7.15. The number of hydrogen-bond donors (Lipinski definition) is 0. The number of nitrogens with zero attached hydrogens (tertiary/aromatic N) is 4. The summed E-state index contributed by atoms with van der Waals surface area (Å²) in [6.07, 6.45) is 4.10. The Labute approximate surface area is 323 Å². The lowest BCUT2D eigenvalue weighted by Crippen LogP contribution is -2.26. The molecule has 1 aliphatic heterocycles. The van der Waals surface area contributed by atoms with E-state index in [4.69, 9.17) is 9.84 Å². The highest BCUT2D eigenvalue weighted by Crippen LogP contribution is 2.47. The van der Waals surface area contributed by atoms with Crippen molar-refractivity contribution in [3.05, 3.63) is 155 Å². The topological polar surface area (TPSA) is 33.5 Å². The minimum absolute atomic E-state index is 0.0258. The van der Waals surface area contributed by atoms with Crippen LogP contribution >= 0.6 is 0 Å². The van der Waals surface area contributed by atoms with Crippen LogP contribution in [0.25, 0.3) is 5.69 Å². The van der Waals surface area contributed by atoms with Crippen LogP contribution in [0.15, 0.2) is 128 Å². The van der Waals surface area contributed by atoms with Crippen LogP contribution in [-0.4, -0.2) is 16.4 Å². The number of ether oxygens (including phenoxy) is 1. The average Bonchev–Trinajstić information content (AvgIpc) is 3.78. The lowest BCUT2D eigenvalue weighted by Gasteiger charge is -2.29. The van der Waals surface area contributed by atoms with Crippen molar-refractivity contribution < 1.29 is 4.74 Å². The van der Waals surface area contributed by atoms with Crippen molar-refractivity contribution in [2.24, 2.45) is 0 Å². The maximum Gasteiger partial charge on any atom is 0.129 e. The van der Waals surface area contributed by atoms with Crippen LogP contribution in [0, 0.1) is 0 Å². The largest absolute Gasteiger partial charge is 0.457 e. The molecule has 0 unspecified atom stereocenters. The van der Waals surface area contributed by atoms with E-state index in [-0.39, 0.29) is 21.7 Å². The summed E-state index contributed by atoms with van der Waals surface area (Å²) in [7, 11) is 0. The van der Waals surface area contributed by atoms with Crippen LogP contribution in [0.4, 0.5) is 22.7 Å². The van der Waals surface area contributed by atoms with E-state index >= 15 is 0 Å². The smallest absolute Gasteiger partial charge is 0.129 e. The minimum Gasteiger partial charge on any atom is -0.457 e. The normalized spacial score (nSPS) is 13.7. The molecular weight excluding hydrogens is 661 g/mol. The number of anilines is 4. The SMILES string of the molecule is CC(C)(C)c1cc(Oc2cccc(-n3cc(C(C)(C)c4ccccc4)cn3)c2)cc(N2CN(c3cc(C(C)(C)C)cc(C(C)(C)C)c3)c3ccccc32)c1. The molecule has 0 amide bonds. The summed E-state index contributed by atoms with van der Waals surface area (Å²) < 4.78 is 8.69. The first-order chi connectivity index (χ1) is 25.4. The van der Waals surface area contributed by atoms with Gasteiger partial charge in [0.2, 0.25) is 0 Å². The van der Waals surface area contributed by atoms with E-state index in [0.29, 0.717) is 6.67 Å². The molecule has 278 valence electrons. The number of rotatable bonds is 7. The zero-order chi connectivity index (χ0) is 38.6. The Balaban J connectivity index is 1.23. The zero-order valence-electron chi connectivity index (χ0n) is 34.0. The molecule has 6 aromatic rings. The molecule has 1 aromatic heterocycles. The molecule has 0 N–H and O–H groups in total. The van der Waals surface area contributed by atoms with Gasteiger partial charge in [0.25, 0.3) is 0 Å². The minimum atomic E-state index is -0.175. The summed E-state index contributed by atoms with van der Waals surface area (Å²) in [6.45, 7) is 25.8. The van der Waals surface area contributed by atoms with E-state index in [2.05, 4.69) is 195 Å². The van der Waals surface area contributed by atoms with Crippen LogP contribution < -0.4 is 14.5 Å². The van der Waals surface area contributed by atoms with Crippen LogP contribution in [-0.2, 0) is 21.7 Å². The number of benzene rings is 5. The van der Waals surface area contributed by atoms with E-state index in [1.807, 2.05) is 23.0 Å². The Kier molecular flexibility index (Phi) is 9.28. The van der Waals surface area contributed by atoms with Crippen molar-refractivity contribution in [1.82, 2.24) is 9.78 Å². The highest BCUT2D eigenvalue weighted by molar-refractivity contribution is 5.87. The van der Waals surface area contributed by atoms with Crippen molar-refractivity contribution in [3.63, 3.8) is 0 Å². The third-order valence-electron chi connectivity index (χ3n) is 10.9. The van der Waals surface area contributed by atoms with Gasteiger partial charge < -0.3 is 14.5 Å². The van der Waals surface area contributed by atoms with Crippen LogP contribution in [0.1, 0.15) is 104 Å². The van der Waals surface area contributed by atoms with Gasteiger partial charge in [-0.05, 0) is 87.0 Å². The molecule has 0 fully saturated rings. The summed E-state index contributed by atoms with van der Waals surface area (Å²) in [4.78, 5) is 4.89. The molecule has 5 heteroatoms. The molecule has 0 aliphatic carbocycles. The van der Waals surface area contributed by atoms with E-state index in [9.17, 15) is 0 Å². The fourth-order valence-corrected chi connectivity index (χ4v) is 7.15. The van der Waals surface area contributed by atoms with Crippen LogP contribution in [0.5, 0.6) is 11.5 Å². The Morgan fingerprint density at radius 1 is 0.463 bits per heavy atom. The Morgan fingerprint density at radius 2 is 0.981 bits per heavy atom. The van der Waals surface area contributed by atoms with Gasteiger partial charge in [0, 0.05) is 40.7 Å². The molecule has 7 rings (SSSR count). The third kappa shape index (κ3) is 7.42. The predicted molar refractivity (Wildman–Crippen MR) is 227 cm³/mol. The van der Waals surface area contributed by atoms with Gasteiger partial charge in [0.05, 0.1) is 23.3 Å². The number of aromatic nitrogens is 2. The van der Waals surface area contributed by atoms with Crippen molar-refractivity contribution >= 4 is 22.7 Å². The van der Waals surface area contributed by atoms with Crippen molar-refractivity contribution in [2.45, 2.75) is 97.8 Å². The van der Waals surface area contributed by atoms with E-state index in [1.54, 1.807) is 0 Å². The summed E-state index contributed by atoms with van der Waals surface area (Å²) >= 11 is 0. The van der Waals surface area contributed by atoms with E-state index in [0.717, 1.165) is 28.4 Å². The molecule has 1 aliphatic rings. The van der Waals surface area contributed by atoms with Gasteiger partial charge in [-0.1, -0.05) is 131 Å². The fraction of sp³-hybridized carbons (Fsp3) is 0.327. The number of fused-ring (bicyclic) bond motifs is 1. The van der Waals surface area contributed by atoms with E-state index < -0.39 is 0 Å². The third-order valence-corrected chi connectivity index (χ3v) is 10.9. The monoisotopic (exact) mass is 716 g/mol. The first-order valence-corrected chi connectivity index (χ1v) is 19.2. The maximum atomic E-state index is 6.74. The molecular formula is C49H56N4O. The predicted octanol–water partition coefficient (Wildman–Crippen LogP) is 13.1. The number of para-hydroxylation sites is 2. The Hall–Kier alpha value is -5.29. The molecule has 0 radical (unpaired) electrons. The molecule has 0 spiro atoms. The van der Waals surface area contributed by atoms with Crippen LogP contribution in [0.3, 0.4) is 0 Å². The van der Waals surface area contributed by atoms with E-state index in [1.165, 1.54) is 39.3 Å². The average molecular weight is 717 g/mol. The van der Waals surface area contributed by atoms with Gasteiger partial charge >= 0.3 is 0 Å². The Morgan fingerprint density at radius 3 is 1.56 bits per heavy atom. The van der Waals surface area contributed by atoms with Gasteiger partial charge in [-0.15, -0.1) is 0 Å². The molecule has 54 heavy (non-hydrogen) atoms. The second kappa shape index (κ2) is 13.5. The standard InChI is InChI=1S/C49H56N4O/c1-46(2,3)35-24-36(47(4,5)6)26-40(25-35)51-33-52(45-23-16-15-22-44(45)51)41-27-37(48(7,8)9)28-43(30-41)54-42-21-17-20-39(29-42)53-32-38(31-50-53)49(10,11)34-18-13-12-14-19-34/h12-32H,33H2,1-11H3. The highest BCUT2D eigenvalue weighted by Gasteiger charge is 2.31. The highest BCUT2D eigenvalue weighted by atomic mass is 16.5. The summed E-state index contributed by atoms with van der Waals surface area (Å²) in [5.74, 6) is 1.57. The van der Waals surface area contributed by atoms with Crippen molar-refractivity contribution in [3.8, 4) is 17.2 Å². The molecule has 0 saturated heterocycles. The van der Waals surface area contributed by atoms with Gasteiger partial charge in [-0.2, -0.15) is 5.10 Å². The molecule has 0 atom stereocenters. The van der Waals surface area contributed by atoms with Crippen molar-refractivity contribution in [1.29, 1.82) is 0 Å². The number of hydrogen-bond acceptors (Lipinski definition) is 4. The molecule has 5 aromatic carbocycles. The van der Waals surface area contributed by atoms with Gasteiger partial charge in [-0.25, -0.2) is 4.68 Å². The quantitative estimate of drug-likeness (QED) is 0.165. The second-order valence-corrected chi connectivity index (χ2v) is 18.5. The molecule has 2 heterocycles. The van der Waals surface area contributed by atoms with Gasteiger partial charge in [0.15, 0.2) is 0 Å². The van der Waals surface area contributed by atoms with Crippen LogP contribution in [0.2, 0.25) is 0 Å². The summed E-state index contributed by atoms with van der Waals surface area (Å²) in [5, 5.41) is 4.78. The molecule has 0 saturated carbocycles. The molecule has 0 bridgehead atoms. The first kappa shape index (κ1) is 37.0. The summed E-state index contributed by atoms with van der Waals surface area (Å²) in [5.41, 5.74) is 11.8. The second-order valence-electron chi connectivity index (χ2n) is 18.5. The Bertz CT molecular complexity index is 2250. The van der Waals surface area contributed by atoms with Gasteiger partial charge in [0.1, 0.15) is 18.2 Å².